The molecule has 1 N–H and O–H groups in total. The maximum Gasteiger partial charge on any atom is 0.274 e. The van der Waals surface area contributed by atoms with Crippen LogP contribution in [0.5, 0.6) is 0 Å². The van der Waals surface area contributed by atoms with E-state index < -0.39 is 4.92 Å². The average Bonchev–Trinajstić information content (AvgIpc) is 2.34. The van der Waals surface area contributed by atoms with Crippen LogP contribution in [0.2, 0.25) is 0 Å². The molecule has 1 aromatic heterocycles. The van der Waals surface area contributed by atoms with Crippen molar-refractivity contribution >= 4 is 33.1 Å². The summed E-state index contributed by atoms with van der Waals surface area (Å²) in [4.78, 5) is 14.7. The Balaban J connectivity index is 2.33. The van der Waals surface area contributed by atoms with Gasteiger partial charge in [0.2, 0.25) is 0 Å². The number of aryl methyl sites for hydroxylation is 2. The highest BCUT2D eigenvalue weighted by Crippen LogP contribution is 2.27. The molecule has 0 bridgehead atoms. The third-order valence-electron chi connectivity index (χ3n) is 2.65. The molecule has 0 amide bonds. The Kier molecular flexibility index (Phi) is 3.80. The van der Waals surface area contributed by atoms with Gasteiger partial charge in [0.1, 0.15) is 5.82 Å². The number of nitro benzene ring substituents is 1. The predicted octanol–water partition coefficient (Wildman–Crippen LogP) is 4.11. The molecule has 2 aromatic rings. The molecule has 1 aromatic carbocycles. The fourth-order valence-corrected chi connectivity index (χ4v) is 2.21. The second kappa shape index (κ2) is 5.36. The van der Waals surface area contributed by atoms with E-state index in [-0.39, 0.29) is 5.69 Å². The van der Waals surface area contributed by atoms with Crippen LogP contribution in [0.15, 0.2) is 34.9 Å². The fraction of sp³-hybridized carbons (Fsp3) is 0.154. The third kappa shape index (κ3) is 3.08. The van der Waals surface area contributed by atoms with E-state index in [1.165, 1.54) is 6.07 Å². The summed E-state index contributed by atoms with van der Waals surface area (Å²) < 4.78 is 0.815. The summed E-state index contributed by atoms with van der Waals surface area (Å²) >= 11 is 3.41. The zero-order chi connectivity index (χ0) is 14.0. The Hall–Kier alpha value is -1.95. The van der Waals surface area contributed by atoms with Gasteiger partial charge in [0.05, 0.1) is 9.40 Å². The van der Waals surface area contributed by atoms with Crippen molar-refractivity contribution in [1.29, 1.82) is 0 Å². The molecule has 0 fully saturated rings. The van der Waals surface area contributed by atoms with Gasteiger partial charge in [0.15, 0.2) is 0 Å². The number of nitrogens with one attached hydrogen (secondary N) is 1. The van der Waals surface area contributed by atoms with E-state index in [0.29, 0.717) is 17.1 Å². The van der Waals surface area contributed by atoms with Crippen molar-refractivity contribution in [3.05, 3.63) is 56.2 Å². The Morgan fingerprint density at radius 3 is 2.68 bits per heavy atom. The quantitative estimate of drug-likeness (QED) is 0.682. The van der Waals surface area contributed by atoms with Gasteiger partial charge in [0.25, 0.3) is 5.69 Å². The van der Waals surface area contributed by atoms with Crippen LogP contribution in [0.25, 0.3) is 0 Å². The van der Waals surface area contributed by atoms with Gasteiger partial charge in [-0.05, 0) is 47.5 Å². The molecular formula is C13H12BrN3O2. The summed E-state index contributed by atoms with van der Waals surface area (Å²) in [6.45, 7) is 3.65. The molecule has 19 heavy (non-hydrogen) atoms. The minimum Gasteiger partial charge on any atom is -0.339 e. The molecule has 0 spiro atoms. The highest BCUT2D eigenvalue weighted by Gasteiger charge is 2.11. The average molecular weight is 322 g/mol. The van der Waals surface area contributed by atoms with E-state index in [0.717, 1.165) is 10.0 Å². The molecule has 1 heterocycles. The topological polar surface area (TPSA) is 68.1 Å². The van der Waals surface area contributed by atoms with Gasteiger partial charge in [-0.3, -0.25) is 10.1 Å². The molecule has 0 saturated carbocycles. The summed E-state index contributed by atoms with van der Waals surface area (Å²) in [5, 5.41) is 14.0. The molecule has 5 nitrogen and oxygen atoms in total. The van der Waals surface area contributed by atoms with Gasteiger partial charge in [0, 0.05) is 23.5 Å². The number of benzene rings is 1. The molecule has 0 aliphatic carbocycles. The normalized spacial score (nSPS) is 10.3. The van der Waals surface area contributed by atoms with Crippen LogP contribution in [0.1, 0.15) is 11.1 Å². The van der Waals surface area contributed by atoms with Crippen LogP contribution >= 0.6 is 15.9 Å². The van der Waals surface area contributed by atoms with Gasteiger partial charge < -0.3 is 5.32 Å². The second-order valence-corrected chi connectivity index (χ2v) is 5.08. The van der Waals surface area contributed by atoms with Crippen LogP contribution in [0, 0.1) is 24.0 Å². The monoisotopic (exact) mass is 321 g/mol. The van der Waals surface area contributed by atoms with E-state index >= 15 is 0 Å². The molecule has 0 aliphatic rings. The van der Waals surface area contributed by atoms with Crippen molar-refractivity contribution in [1.82, 2.24) is 4.98 Å². The largest absolute Gasteiger partial charge is 0.339 e. The van der Waals surface area contributed by atoms with Crippen molar-refractivity contribution in [2.24, 2.45) is 0 Å². The number of anilines is 2. The molecular weight excluding hydrogens is 310 g/mol. The molecule has 0 atom stereocenters. The number of hydrogen-bond acceptors (Lipinski definition) is 4. The minimum absolute atomic E-state index is 0.0910. The lowest BCUT2D eigenvalue weighted by Gasteiger charge is -2.08. The zero-order valence-electron chi connectivity index (χ0n) is 10.5. The molecule has 0 aliphatic heterocycles. The maximum absolute atomic E-state index is 10.9. The first kappa shape index (κ1) is 13.5. The molecule has 0 saturated heterocycles. The summed E-state index contributed by atoms with van der Waals surface area (Å²) in [7, 11) is 0. The molecule has 0 unspecified atom stereocenters. The molecule has 6 heteroatoms. The van der Waals surface area contributed by atoms with E-state index in [2.05, 4.69) is 26.2 Å². The first-order valence-electron chi connectivity index (χ1n) is 5.61. The number of halogens is 1. The smallest absolute Gasteiger partial charge is 0.274 e. The van der Waals surface area contributed by atoms with Gasteiger partial charge in [-0.1, -0.05) is 6.07 Å². The Labute approximate surface area is 119 Å². The van der Waals surface area contributed by atoms with E-state index in [4.69, 9.17) is 0 Å². The number of nitrogens with zero attached hydrogens (tertiary/aromatic N) is 2. The Bertz CT molecular complexity index is 644. The fourth-order valence-electron chi connectivity index (χ4n) is 1.65. The number of rotatable bonds is 3. The Morgan fingerprint density at radius 2 is 2.05 bits per heavy atom. The van der Waals surface area contributed by atoms with Crippen molar-refractivity contribution in [3.63, 3.8) is 0 Å². The van der Waals surface area contributed by atoms with Gasteiger partial charge in [-0.15, -0.1) is 0 Å². The number of nitro groups is 1. The van der Waals surface area contributed by atoms with E-state index in [9.17, 15) is 10.1 Å². The second-order valence-electron chi connectivity index (χ2n) is 4.23. The maximum atomic E-state index is 10.9. The van der Waals surface area contributed by atoms with Crippen molar-refractivity contribution in [2.45, 2.75) is 13.8 Å². The predicted molar refractivity (Wildman–Crippen MR) is 77.8 cm³/mol. The SMILES string of the molecule is Cc1cnc(Nc2ccc(C)c([N+](=O)[O-])c2)c(Br)c1. The minimum atomic E-state index is -0.391. The van der Waals surface area contributed by atoms with Gasteiger partial charge >= 0.3 is 0 Å². The zero-order valence-corrected chi connectivity index (χ0v) is 12.1. The van der Waals surface area contributed by atoms with Gasteiger partial charge in [-0.25, -0.2) is 4.98 Å². The first-order chi connectivity index (χ1) is 8.97. The number of pyridine rings is 1. The summed E-state index contributed by atoms with van der Waals surface area (Å²) in [6.07, 6.45) is 1.73. The Morgan fingerprint density at radius 1 is 1.32 bits per heavy atom. The van der Waals surface area contributed by atoms with Crippen LogP contribution in [-0.4, -0.2) is 9.91 Å². The summed E-state index contributed by atoms with van der Waals surface area (Å²) in [6, 6.07) is 6.93. The number of hydrogen-bond donors (Lipinski definition) is 1. The lowest BCUT2D eigenvalue weighted by Crippen LogP contribution is -1.97. The summed E-state index contributed by atoms with van der Waals surface area (Å²) in [5.74, 6) is 0.628. The van der Waals surface area contributed by atoms with Gasteiger partial charge in [-0.2, -0.15) is 0 Å². The van der Waals surface area contributed by atoms with Crippen LogP contribution in [0.3, 0.4) is 0 Å². The standard InChI is InChI=1S/C13H12BrN3O2/c1-8-5-11(14)13(15-7-8)16-10-4-3-9(2)12(6-10)17(18)19/h3-7H,1-2H3,(H,15,16). The molecule has 98 valence electrons. The summed E-state index contributed by atoms with van der Waals surface area (Å²) in [5.41, 5.74) is 2.39. The lowest BCUT2D eigenvalue weighted by atomic mass is 10.2. The highest BCUT2D eigenvalue weighted by molar-refractivity contribution is 9.10. The van der Waals surface area contributed by atoms with Crippen LogP contribution < -0.4 is 5.32 Å². The van der Waals surface area contributed by atoms with Crippen LogP contribution in [0.4, 0.5) is 17.2 Å². The number of aromatic nitrogens is 1. The lowest BCUT2D eigenvalue weighted by molar-refractivity contribution is -0.385. The highest BCUT2D eigenvalue weighted by atomic mass is 79.9. The van der Waals surface area contributed by atoms with E-state index in [1.54, 1.807) is 25.3 Å². The third-order valence-corrected chi connectivity index (χ3v) is 3.25. The van der Waals surface area contributed by atoms with E-state index in [1.807, 2.05) is 13.0 Å². The van der Waals surface area contributed by atoms with Crippen LogP contribution in [-0.2, 0) is 0 Å². The van der Waals surface area contributed by atoms with Crippen molar-refractivity contribution in [2.75, 3.05) is 5.32 Å². The van der Waals surface area contributed by atoms with Crippen molar-refractivity contribution < 1.29 is 4.92 Å². The molecule has 2 rings (SSSR count). The molecule has 0 radical (unpaired) electrons. The van der Waals surface area contributed by atoms with Crippen molar-refractivity contribution in [3.8, 4) is 0 Å². The first-order valence-corrected chi connectivity index (χ1v) is 6.41.